The van der Waals surface area contributed by atoms with E-state index in [2.05, 4.69) is 0 Å². The van der Waals surface area contributed by atoms with Crippen LogP contribution >= 0.6 is 11.3 Å². The van der Waals surface area contributed by atoms with Gasteiger partial charge in [0.2, 0.25) is 5.91 Å². The summed E-state index contributed by atoms with van der Waals surface area (Å²) < 4.78 is 14.0. The minimum atomic E-state index is -0.553. The molecule has 1 aromatic carbocycles. The molecule has 2 amide bonds. The largest absolute Gasteiger partial charge is 0.337 e. The van der Waals surface area contributed by atoms with Crippen LogP contribution in [0.4, 0.5) is 10.1 Å². The summed E-state index contributed by atoms with van der Waals surface area (Å²) in [6.07, 6.45) is 0.726. The van der Waals surface area contributed by atoms with Gasteiger partial charge in [0.25, 0.3) is 5.91 Å². The first-order valence-corrected chi connectivity index (χ1v) is 9.35. The third-order valence-corrected chi connectivity index (χ3v) is 6.24. The van der Waals surface area contributed by atoms with Crippen LogP contribution in [0.1, 0.15) is 23.7 Å². The van der Waals surface area contributed by atoms with Crippen LogP contribution in [0.5, 0.6) is 0 Å². The van der Waals surface area contributed by atoms with Crippen molar-refractivity contribution in [2.45, 2.75) is 13.3 Å². The maximum absolute atomic E-state index is 14.0. The Labute approximate surface area is 149 Å². The smallest absolute Gasteiger partial charge is 0.256 e. The lowest BCUT2D eigenvalue weighted by atomic mass is 9.78. The number of anilines is 1. The molecule has 0 aliphatic carbocycles. The predicted molar refractivity (Wildman–Crippen MR) is 95.2 cm³/mol. The zero-order valence-corrected chi connectivity index (χ0v) is 14.8. The zero-order valence-electron chi connectivity index (χ0n) is 13.9. The SMILES string of the molecule is C[C@@H]1CN(C(=O)c2ccccc2F)C[C@]12CCN(c1ccsc1)C2=O. The molecular weight excluding hydrogens is 339 g/mol. The fourth-order valence-corrected chi connectivity index (χ4v) is 4.72. The van der Waals surface area contributed by atoms with E-state index in [1.165, 1.54) is 12.1 Å². The highest BCUT2D eigenvalue weighted by atomic mass is 32.1. The van der Waals surface area contributed by atoms with Gasteiger partial charge in [-0.05, 0) is 35.9 Å². The lowest BCUT2D eigenvalue weighted by molar-refractivity contribution is -0.126. The van der Waals surface area contributed by atoms with Crippen molar-refractivity contribution in [1.82, 2.24) is 4.90 Å². The van der Waals surface area contributed by atoms with Crippen molar-refractivity contribution in [3.63, 3.8) is 0 Å². The van der Waals surface area contributed by atoms with E-state index in [1.54, 1.807) is 28.4 Å². The predicted octanol–water partition coefficient (Wildman–Crippen LogP) is 3.40. The highest BCUT2D eigenvalue weighted by Gasteiger charge is 2.56. The van der Waals surface area contributed by atoms with E-state index in [1.807, 2.05) is 28.7 Å². The third kappa shape index (κ3) is 2.47. The topological polar surface area (TPSA) is 40.6 Å². The number of carbonyl (C=O) groups excluding carboxylic acids is 2. The molecular formula is C19H19FN2O2S. The summed E-state index contributed by atoms with van der Waals surface area (Å²) >= 11 is 1.56. The lowest BCUT2D eigenvalue weighted by Gasteiger charge is -2.26. The van der Waals surface area contributed by atoms with E-state index in [4.69, 9.17) is 0 Å². The monoisotopic (exact) mass is 358 g/mol. The summed E-state index contributed by atoms with van der Waals surface area (Å²) in [6.45, 7) is 3.53. The Kier molecular flexibility index (Phi) is 3.87. The Bertz CT molecular complexity index is 823. The van der Waals surface area contributed by atoms with E-state index >= 15 is 0 Å². The second kappa shape index (κ2) is 5.95. The van der Waals surface area contributed by atoms with Crippen molar-refractivity contribution in [3.05, 3.63) is 52.5 Å². The molecule has 2 aromatic rings. The van der Waals surface area contributed by atoms with Crippen molar-refractivity contribution in [1.29, 1.82) is 0 Å². The number of nitrogens with zero attached hydrogens (tertiary/aromatic N) is 2. The molecule has 2 saturated heterocycles. The molecule has 130 valence electrons. The van der Waals surface area contributed by atoms with E-state index in [9.17, 15) is 14.0 Å². The van der Waals surface area contributed by atoms with Crippen LogP contribution in [0.15, 0.2) is 41.1 Å². The quantitative estimate of drug-likeness (QED) is 0.826. The van der Waals surface area contributed by atoms with Gasteiger partial charge >= 0.3 is 0 Å². The first-order valence-electron chi connectivity index (χ1n) is 8.41. The van der Waals surface area contributed by atoms with Gasteiger partial charge in [-0.25, -0.2) is 4.39 Å². The van der Waals surface area contributed by atoms with Crippen LogP contribution in [-0.4, -0.2) is 36.3 Å². The summed E-state index contributed by atoms with van der Waals surface area (Å²) in [5, 5.41) is 3.93. The molecule has 4 rings (SSSR count). The van der Waals surface area contributed by atoms with Gasteiger partial charge in [0, 0.05) is 25.0 Å². The van der Waals surface area contributed by atoms with Crippen LogP contribution in [0.3, 0.4) is 0 Å². The first kappa shape index (κ1) is 16.3. The van der Waals surface area contributed by atoms with Gasteiger partial charge in [-0.15, -0.1) is 0 Å². The minimum absolute atomic E-state index is 0.0550. The van der Waals surface area contributed by atoms with Gasteiger partial charge in [-0.3, -0.25) is 9.59 Å². The molecule has 1 spiro atoms. The molecule has 0 N–H and O–H groups in total. The zero-order chi connectivity index (χ0) is 17.6. The number of likely N-dealkylation sites (tertiary alicyclic amines) is 1. The van der Waals surface area contributed by atoms with E-state index in [0.29, 0.717) is 19.6 Å². The molecule has 0 radical (unpaired) electrons. The van der Waals surface area contributed by atoms with Crippen LogP contribution in [0.2, 0.25) is 0 Å². The molecule has 6 heteroatoms. The highest BCUT2D eigenvalue weighted by Crippen LogP contribution is 2.46. The van der Waals surface area contributed by atoms with Gasteiger partial charge in [-0.2, -0.15) is 11.3 Å². The highest BCUT2D eigenvalue weighted by molar-refractivity contribution is 7.08. The number of rotatable bonds is 2. The summed E-state index contributed by atoms with van der Waals surface area (Å²) in [5.74, 6) is -0.705. The Balaban J connectivity index is 1.59. The third-order valence-electron chi connectivity index (χ3n) is 5.57. The Morgan fingerprint density at radius 1 is 1.32 bits per heavy atom. The van der Waals surface area contributed by atoms with E-state index < -0.39 is 11.2 Å². The normalized spacial score (nSPS) is 26.0. The van der Waals surface area contributed by atoms with Crippen molar-refractivity contribution in [2.75, 3.05) is 24.5 Å². The number of halogens is 1. The van der Waals surface area contributed by atoms with Crippen LogP contribution in [0, 0.1) is 17.2 Å². The maximum Gasteiger partial charge on any atom is 0.256 e. The van der Waals surface area contributed by atoms with E-state index in [0.717, 1.165) is 12.1 Å². The number of hydrogen-bond acceptors (Lipinski definition) is 3. The number of benzene rings is 1. The summed E-state index contributed by atoms with van der Waals surface area (Å²) in [7, 11) is 0. The Morgan fingerprint density at radius 2 is 2.12 bits per heavy atom. The molecule has 2 aliphatic heterocycles. The molecule has 0 saturated carbocycles. The van der Waals surface area contributed by atoms with Gasteiger partial charge in [-0.1, -0.05) is 19.1 Å². The molecule has 4 nitrogen and oxygen atoms in total. The summed E-state index contributed by atoms with van der Waals surface area (Å²) in [5.41, 5.74) is 0.452. The Morgan fingerprint density at radius 3 is 2.84 bits per heavy atom. The number of thiophene rings is 1. The van der Waals surface area contributed by atoms with Crippen molar-refractivity contribution < 1.29 is 14.0 Å². The molecule has 2 fully saturated rings. The fourth-order valence-electron chi connectivity index (χ4n) is 4.08. The molecule has 0 unspecified atom stereocenters. The van der Waals surface area contributed by atoms with Gasteiger partial charge < -0.3 is 9.80 Å². The van der Waals surface area contributed by atoms with E-state index in [-0.39, 0.29) is 23.3 Å². The average molecular weight is 358 g/mol. The average Bonchev–Trinajstić information content (AvgIpc) is 3.30. The second-order valence-corrected chi connectivity index (χ2v) is 7.69. The van der Waals surface area contributed by atoms with Gasteiger partial charge in [0.1, 0.15) is 5.82 Å². The summed E-state index contributed by atoms with van der Waals surface area (Å²) in [4.78, 5) is 29.3. The number of hydrogen-bond donors (Lipinski definition) is 0. The van der Waals surface area contributed by atoms with Crippen LogP contribution < -0.4 is 4.90 Å². The van der Waals surface area contributed by atoms with Gasteiger partial charge in [0.05, 0.1) is 16.7 Å². The fraction of sp³-hybridized carbons (Fsp3) is 0.368. The summed E-state index contributed by atoms with van der Waals surface area (Å²) in [6, 6.07) is 7.97. The maximum atomic E-state index is 14.0. The number of amides is 2. The standard InChI is InChI=1S/C19H19FN2O2S/c1-13-10-21(17(23)15-4-2-3-5-16(15)20)12-19(13)7-8-22(18(19)24)14-6-9-25-11-14/h2-6,9,11,13H,7-8,10,12H2,1H3/t13-,19-/m1/s1. The minimum Gasteiger partial charge on any atom is -0.337 e. The number of carbonyl (C=O) groups is 2. The second-order valence-electron chi connectivity index (χ2n) is 6.91. The van der Waals surface area contributed by atoms with Crippen LogP contribution in [-0.2, 0) is 4.79 Å². The molecule has 3 heterocycles. The first-order chi connectivity index (χ1) is 12.0. The molecule has 25 heavy (non-hydrogen) atoms. The lowest BCUT2D eigenvalue weighted by Crippen LogP contribution is -2.40. The van der Waals surface area contributed by atoms with Crippen molar-refractivity contribution >= 4 is 28.8 Å². The van der Waals surface area contributed by atoms with Crippen LogP contribution in [0.25, 0.3) is 0 Å². The molecule has 2 aliphatic rings. The van der Waals surface area contributed by atoms with Crippen molar-refractivity contribution in [3.8, 4) is 0 Å². The molecule has 2 atom stereocenters. The van der Waals surface area contributed by atoms with Gasteiger partial charge in [0.15, 0.2) is 0 Å². The Hall–Kier alpha value is -2.21. The van der Waals surface area contributed by atoms with Crippen molar-refractivity contribution in [2.24, 2.45) is 11.3 Å². The molecule has 1 aromatic heterocycles. The molecule has 0 bridgehead atoms.